The van der Waals surface area contributed by atoms with Crippen molar-refractivity contribution in [1.29, 1.82) is 0 Å². The molecule has 1 aliphatic rings. The van der Waals surface area contributed by atoms with Gasteiger partial charge in [0, 0.05) is 17.6 Å². The minimum absolute atomic E-state index is 0.0238. The Morgan fingerprint density at radius 2 is 1.90 bits per heavy atom. The molecule has 1 aliphatic heterocycles. The molecular weight excluding hydrogens is 406 g/mol. The van der Waals surface area contributed by atoms with Gasteiger partial charge in [-0.05, 0) is 80.6 Å². The summed E-state index contributed by atoms with van der Waals surface area (Å²) in [6.07, 6.45) is 2.53. The summed E-state index contributed by atoms with van der Waals surface area (Å²) in [5.41, 5.74) is 5.42. The van der Waals surface area contributed by atoms with Crippen molar-refractivity contribution in [3.8, 4) is 5.75 Å². The first-order chi connectivity index (χ1) is 15.0. The number of thiazole rings is 1. The van der Waals surface area contributed by atoms with E-state index in [0.29, 0.717) is 18.1 Å². The Morgan fingerprint density at radius 3 is 2.65 bits per heavy atom. The maximum Gasteiger partial charge on any atom is 0.231 e. The Balaban J connectivity index is 1.27. The van der Waals surface area contributed by atoms with Gasteiger partial charge in [-0.1, -0.05) is 24.3 Å². The van der Waals surface area contributed by atoms with Crippen LogP contribution in [0.5, 0.6) is 5.75 Å². The van der Waals surface area contributed by atoms with Gasteiger partial charge >= 0.3 is 0 Å². The number of carbonyl (C=O) groups excluding carboxylic acids is 1. The number of phenolic OH excluding ortho intramolecular Hbond substituents is 1. The molecular formula is C25H29N3O2S. The van der Waals surface area contributed by atoms with Gasteiger partial charge in [0.25, 0.3) is 0 Å². The Kier molecular flexibility index (Phi) is 6.68. The van der Waals surface area contributed by atoms with Gasteiger partial charge in [0.05, 0.1) is 12.1 Å². The summed E-state index contributed by atoms with van der Waals surface area (Å²) in [6, 6.07) is 13.7. The second-order valence-electron chi connectivity index (χ2n) is 8.42. The maximum atomic E-state index is 12.5. The zero-order chi connectivity index (χ0) is 21.8. The molecule has 2 aromatic carbocycles. The Morgan fingerprint density at radius 1 is 1.16 bits per heavy atom. The predicted octanol–water partition coefficient (Wildman–Crippen LogP) is 5.03. The molecule has 0 spiro atoms. The molecule has 1 fully saturated rings. The van der Waals surface area contributed by atoms with Crippen molar-refractivity contribution >= 4 is 22.9 Å². The normalized spacial score (nSPS) is 15.2. The first-order valence-electron chi connectivity index (χ1n) is 10.8. The average molecular weight is 436 g/mol. The van der Waals surface area contributed by atoms with E-state index in [9.17, 15) is 9.90 Å². The average Bonchev–Trinajstić information content (AvgIpc) is 3.18. The number of carbonyl (C=O) groups is 1. The molecule has 1 saturated heterocycles. The number of likely N-dealkylation sites (tertiary alicyclic amines) is 1. The second kappa shape index (κ2) is 9.62. The highest BCUT2D eigenvalue weighted by Gasteiger charge is 2.21. The zero-order valence-corrected chi connectivity index (χ0v) is 18.9. The van der Waals surface area contributed by atoms with Gasteiger partial charge in [0.15, 0.2) is 0 Å². The van der Waals surface area contributed by atoms with Crippen molar-refractivity contribution < 1.29 is 9.90 Å². The molecule has 0 bridgehead atoms. The number of anilines is 1. The van der Waals surface area contributed by atoms with Crippen LogP contribution in [0.3, 0.4) is 0 Å². The molecule has 4 rings (SSSR count). The van der Waals surface area contributed by atoms with Crippen molar-refractivity contribution in [1.82, 2.24) is 9.88 Å². The van der Waals surface area contributed by atoms with Crippen LogP contribution in [0.25, 0.3) is 0 Å². The number of hydrogen-bond acceptors (Lipinski definition) is 5. The molecule has 0 saturated carbocycles. The van der Waals surface area contributed by atoms with E-state index in [1.54, 1.807) is 23.5 Å². The van der Waals surface area contributed by atoms with E-state index in [1.807, 2.05) is 44.2 Å². The van der Waals surface area contributed by atoms with Crippen molar-refractivity contribution in [2.45, 2.75) is 45.6 Å². The molecule has 0 atom stereocenters. The number of nitrogens with zero attached hydrogens (tertiary/aromatic N) is 2. The van der Waals surface area contributed by atoms with Crippen molar-refractivity contribution in [2.75, 3.05) is 18.4 Å². The largest absolute Gasteiger partial charge is 0.508 e. The van der Waals surface area contributed by atoms with Crippen LogP contribution in [0.1, 0.15) is 46.2 Å². The Hall–Kier alpha value is -2.70. The lowest BCUT2D eigenvalue weighted by atomic mass is 9.89. The van der Waals surface area contributed by atoms with E-state index in [-0.39, 0.29) is 5.91 Å². The van der Waals surface area contributed by atoms with Crippen molar-refractivity contribution in [2.24, 2.45) is 0 Å². The quantitative estimate of drug-likeness (QED) is 0.570. The minimum atomic E-state index is -0.0238. The first-order valence-corrected chi connectivity index (χ1v) is 11.7. The lowest BCUT2D eigenvalue weighted by molar-refractivity contribution is -0.115. The number of amides is 1. The summed E-state index contributed by atoms with van der Waals surface area (Å²) in [5, 5.41) is 15.4. The fourth-order valence-corrected chi connectivity index (χ4v) is 4.89. The van der Waals surface area contributed by atoms with Crippen LogP contribution >= 0.6 is 11.3 Å². The standard InChI is InChI=1S/C25H29N3O2S/c1-17-3-4-18(2)23(13-17)27-24(30)14-25-26-21(16-31-25)15-28-11-9-20(10-12-28)19-5-7-22(29)8-6-19/h3-8,13,16,20,29H,9-12,14-15H2,1-2H3,(H,27,30). The van der Waals surface area contributed by atoms with Crippen LogP contribution in [-0.2, 0) is 17.8 Å². The molecule has 5 nitrogen and oxygen atoms in total. The molecule has 6 heteroatoms. The number of aryl methyl sites for hydroxylation is 2. The van der Waals surface area contributed by atoms with Crippen LogP contribution in [0.2, 0.25) is 0 Å². The number of aromatic hydroxyl groups is 1. The fraction of sp³-hybridized carbons (Fsp3) is 0.360. The number of nitrogens with one attached hydrogen (secondary N) is 1. The van der Waals surface area contributed by atoms with Crippen LogP contribution in [0, 0.1) is 13.8 Å². The van der Waals surface area contributed by atoms with Gasteiger partial charge in [-0.3, -0.25) is 9.69 Å². The van der Waals surface area contributed by atoms with E-state index >= 15 is 0 Å². The Bertz CT molecular complexity index is 1040. The fourth-order valence-electron chi connectivity index (χ4n) is 4.10. The molecule has 162 valence electrons. The maximum absolute atomic E-state index is 12.5. The van der Waals surface area contributed by atoms with Gasteiger partial charge in [0.2, 0.25) is 5.91 Å². The molecule has 1 amide bonds. The van der Waals surface area contributed by atoms with Gasteiger partial charge in [-0.15, -0.1) is 11.3 Å². The number of rotatable bonds is 6. The van der Waals surface area contributed by atoms with Crippen molar-refractivity contribution in [3.05, 3.63) is 75.2 Å². The molecule has 31 heavy (non-hydrogen) atoms. The van der Waals surface area contributed by atoms with E-state index in [4.69, 9.17) is 4.98 Å². The van der Waals surface area contributed by atoms with Crippen LogP contribution < -0.4 is 5.32 Å². The lowest BCUT2D eigenvalue weighted by Crippen LogP contribution is -2.32. The monoisotopic (exact) mass is 435 g/mol. The number of aromatic nitrogens is 1. The topological polar surface area (TPSA) is 65.5 Å². The summed E-state index contributed by atoms with van der Waals surface area (Å²) >= 11 is 1.56. The lowest BCUT2D eigenvalue weighted by Gasteiger charge is -2.31. The number of hydrogen-bond donors (Lipinski definition) is 2. The SMILES string of the molecule is Cc1ccc(C)c(NC(=O)Cc2nc(CN3CCC(c4ccc(O)cc4)CC3)cs2)c1. The van der Waals surface area contributed by atoms with E-state index in [1.165, 1.54) is 5.56 Å². The van der Waals surface area contributed by atoms with Crippen molar-refractivity contribution in [3.63, 3.8) is 0 Å². The van der Waals surface area contributed by atoms with Gasteiger partial charge < -0.3 is 10.4 Å². The molecule has 2 heterocycles. The zero-order valence-electron chi connectivity index (χ0n) is 18.1. The van der Waals surface area contributed by atoms with Gasteiger partial charge in [-0.2, -0.15) is 0 Å². The predicted molar refractivity (Wildman–Crippen MR) is 126 cm³/mol. The summed E-state index contributed by atoms with van der Waals surface area (Å²) in [4.78, 5) is 19.6. The highest BCUT2D eigenvalue weighted by Crippen LogP contribution is 2.29. The van der Waals surface area contributed by atoms with Gasteiger partial charge in [-0.25, -0.2) is 4.98 Å². The van der Waals surface area contributed by atoms with E-state index in [0.717, 1.165) is 60.0 Å². The van der Waals surface area contributed by atoms with E-state index < -0.39 is 0 Å². The summed E-state index contributed by atoms with van der Waals surface area (Å²) < 4.78 is 0. The molecule has 3 aromatic rings. The molecule has 1 aromatic heterocycles. The van der Waals surface area contributed by atoms with E-state index in [2.05, 4.69) is 15.6 Å². The summed E-state index contributed by atoms with van der Waals surface area (Å²) in [6.45, 7) is 6.92. The van der Waals surface area contributed by atoms with Crippen LogP contribution in [0.15, 0.2) is 47.8 Å². The molecule has 0 radical (unpaired) electrons. The molecule has 2 N–H and O–H groups in total. The summed E-state index contributed by atoms with van der Waals surface area (Å²) in [5.74, 6) is 0.851. The number of piperidine rings is 1. The Labute approximate surface area is 187 Å². The first kappa shape index (κ1) is 21.5. The minimum Gasteiger partial charge on any atom is -0.508 e. The van der Waals surface area contributed by atoms with Gasteiger partial charge in [0.1, 0.15) is 10.8 Å². The van der Waals surface area contributed by atoms with Crippen LogP contribution in [0.4, 0.5) is 5.69 Å². The summed E-state index contributed by atoms with van der Waals surface area (Å²) in [7, 11) is 0. The third-order valence-corrected chi connectivity index (χ3v) is 6.81. The highest BCUT2D eigenvalue weighted by atomic mass is 32.1. The smallest absolute Gasteiger partial charge is 0.231 e. The number of phenols is 1. The number of benzene rings is 2. The molecule has 0 aliphatic carbocycles. The second-order valence-corrected chi connectivity index (χ2v) is 9.36. The third-order valence-electron chi connectivity index (χ3n) is 5.92. The third kappa shape index (κ3) is 5.71. The molecule has 0 unspecified atom stereocenters. The van der Waals surface area contributed by atoms with Crippen LogP contribution in [-0.4, -0.2) is 34.0 Å². The highest BCUT2D eigenvalue weighted by molar-refractivity contribution is 7.09.